The van der Waals surface area contributed by atoms with Crippen LogP contribution in [0, 0.1) is 5.92 Å². The van der Waals surface area contributed by atoms with Crippen LogP contribution in [-0.4, -0.2) is 35.6 Å². The Bertz CT molecular complexity index is 922. The molecule has 1 heterocycles. The second-order valence-electron chi connectivity index (χ2n) is 6.56. The lowest BCUT2D eigenvalue weighted by molar-refractivity contribution is -0.294. The number of benzene rings is 2. The van der Waals surface area contributed by atoms with Crippen molar-refractivity contribution in [2.24, 2.45) is 5.92 Å². The fourth-order valence-electron chi connectivity index (χ4n) is 3.21. The maximum atomic E-state index is 13.7. The number of urea groups is 1. The minimum absolute atomic E-state index is 0.124. The molecule has 1 aliphatic heterocycles. The number of halogens is 3. The lowest BCUT2D eigenvalue weighted by Gasteiger charge is -2.44. The minimum Gasteiger partial charge on any atom is -0.466 e. The monoisotopic (exact) mass is 424 g/mol. The topological polar surface area (TPSA) is 96.9 Å². The van der Waals surface area contributed by atoms with Gasteiger partial charge in [-0.1, -0.05) is 30.3 Å². The second kappa shape index (κ2) is 8.23. The number of alkyl halides is 3. The number of amides is 2. The van der Waals surface area contributed by atoms with Gasteiger partial charge in [-0.05, 0) is 36.8 Å². The first kappa shape index (κ1) is 21.4. The van der Waals surface area contributed by atoms with Crippen molar-refractivity contribution in [3.8, 4) is 11.5 Å². The average Bonchev–Trinajstić information content (AvgIpc) is 2.67. The molecule has 0 radical (unpaired) electrons. The molecule has 1 fully saturated rings. The highest BCUT2D eigenvalue weighted by Gasteiger charge is 2.67. The number of ether oxygens (including phenoxy) is 2. The molecule has 2 amide bonds. The van der Waals surface area contributed by atoms with Gasteiger partial charge in [0.05, 0.1) is 12.6 Å². The Kier molecular flexibility index (Phi) is 5.88. The Hall–Kier alpha value is -3.27. The van der Waals surface area contributed by atoms with Gasteiger partial charge in [0.15, 0.2) is 0 Å². The molecule has 3 rings (SSSR count). The van der Waals surface area contributed by atoms with Crippen LogP contribution >= 0.6 is 0 Å². The summed E-state index contributed by atoms with van der Waals surface area (Å²) in [7, 11) is 0. The maximum Gasteiger partial charge on any atom is 0.437 e. The third kappa shape index (κ3) is 4.18. The number of carbonyl (C=O) groups excluding carboxylic acids is 2. The van der Waals surface area contributed by atoms with E-state index in [-0.39, 0.29) is 17.9 Å². The maximum absolute atomic E-state index is 13.7. The van der Waals surface area contributed by atoms with E-state index in [0.717, 1.165) is 0 Å². The highest BCUT2D eigenvalue weighted by molar-refractivity contribution is 5.83. The second-order valence-corrected chi connectivity index (χ2v) is 6.56. The largest absolute Gasteiger partial charge is 0.466 e. The van der Waals surface area contributed by atoms with Crippen LogP contribution in [0.4, 0.5) is 18.0 Å². The Morgan fingerprint density at radius 1 is 1.13 bits per heavy atom. The summed E-state index contributed by atoms with van der Waals surface area (Å²) in [5.41, 5.74) is -3.69. The molecule has 160 valence electrons. The lowest BCUT2D eigenvalue weighted by Crippen LogP contribution is -2.73. The van der Waals surface area contributed by atoms with Gasteiger partial charge in [0.25, 0.3) is 5.72 Å². The first-order chi connectivity index (χ1) is 14.2. The van der Waals surface area contributed by atoms with Gasteiger partial charge in [-0.25, -0.2) is 4.79 Å². The molecule has 1 aliphatic rings. The Balaban J connectivity index is 2.02. The third-order valence-corrected chi connectivity index (χ3v) is 4.54. The van der Waals surface area contributed by atoms with Gasteiger partial charge in [-0.3, -0.25) is 4.79 Å². The van der Waals surface area contributed by atoms with Crippen LogP contribution in [0.5, 0.6) is 11.5 Å². The Morgan fingerprint density at radius 3 is 2.43 bits per heavy atom. The zero-order valence-electron chi connectivity index (χ0n) is 15.8. The summed E-state index contributed by atoms with van der Waals surface area (Å²) in [5, 5.41) is 14.0. The van der Waals surface area contributed by atoms with Crippen LogP contribution in [0.15, 0.2) is 54.6 Å². The normalized spacial score (nSPS) is 23.8. The van der Waals surface area contributed by atoms with E-state index in [4.69, 9.17) is 9.47 Å². The zero-order valence-corrected chi connectivity index (χ0v) is 15.8. The number of nitrogens with one attached hydrogen (secondary N) is 2. The number of hydrogen-bond donors (Lipinski definition) is 3. The quantitative estimate of drug-likeness (QED) is 0.641. The van der Waals surface area contributed by atoms with E-state index < -0.39 is 35.9 Å². The molecule has 0 saturated carbocycles. The summed E-state index contributed by atoms with van der Waals surface area (Å²) in [6.45, 7) is 1.21. The molecule has 3 N–H and O–H groups in total. The van der Waals surface area contributed by atoms with Crippen LogP contribution in [0.3, 0.4) is 0 Å². The Labute approximate surface area is 169 Å². The molecule has 2 aromatic rings. The van der Waals surface area contributed by atoms with E-state index >= 15 is 0 Å². The molecule has 0 unspecified atom stereocenters. The molecule has 10 heteroatoms. The van der Waals surface area contributed by atoms with E-state index in [1.54, 1.807) is 36.4 Å². The summed E-state index contributed by atoms with van der Waals surface area (Å²) in [6.07, 6.45) is -5.33. The SMILES string of the molecule is CCOC(=O)[C@H]1[C@@H](c2cccc(Oc3ccccc3)c2)NC(=O)N[C@@]1(O)C(F)(F)F. The molecule has 0 aliphatic carbocycles. The summed E-state index contributed by atoms with van der Waals surface area (Å²) in [4.78, 5) is 24.4. The van der Waals surface area contributed by atoms with Crippen molar-refractivity contribution in [1.82, 2.24) is 10.6 Å². The average molecular weight is 424 g/mol. The van der Waals surface area contributed by atoms with Gasteiger partial charge in [-0.2, -0.15) is 13.2 Å². The smallest absolute Gasteiger partial charge is 0.437 e. The number of esters is 1. The molecule has 0 bridgehead atoms. The third-order valence-electron chi connectivity index (χ3n) is 4.54. The molecule has 30 heavy (non-hydrogen) atoms. The number of aliphatic hydroxyl groups is 1. The number of hydrogen-bond acceptors (Lipinski definition) is 5. The van der Waals surface area contributed by atoms with Crippen LogP contribution in [0.2, 0.25) is 0 Å². The van der Waals surface area contributed by atoms with Crippen LogP contribution < -0.4 is 15.4 Å². The molecule has 7 nitrogen and oxygen atoms in total. The van der Waals surface area contributed by atoms with E-state index in [1.807, 2.05) is 0 Å². The van der Waals surface area contributed by atoms with Gasteiger partial charge >= 0.3 is 18.2 Å². The fourth-order valence-corrected chi connectivity index (χ4v) is 3.21. The summed E-state index contributed by atoms with van der Waals surface area (Å²) in [5.74, 6) is -2.76. The van der Waals surface area contributed by atoms with E-state index in [1.165, 1.54) is 30.4 Å². The molecule has 0 spiro atoms. The van der Waals surface area contributed by atoms with E-state index in [0.29, 0.717) is 5.75 Å². The number of rotatable bonds is 5. The summed E-state index contributed by atoms with van der Waals surface area (Å²) >= 11 is 0. The predicted octanol–water partition coefficient (Wildman–Crippen LogP) is 3.26. The molecular formula is C20H19F3N2O5. The first-order valence-electron chi connectivity index (χ1n) is 9.03. The van der Waals surface area contributed by atoms with Crippen molar-refractivity contribution in [2.75, 3.05) is 6.61 Å². The van der Waals surface area contributed by atoms with Crippen LogP contribution in [0.25, 0.3) is 0 Å². The van der Waals surface area contributed by atoms with Crippen molar-refractivity contribution in [3.05, 3.63) is 60.2 Å². The fraction of sp³-hybridized carbons (Fsp3) is 0.300. The number of carbonyl (C=O) groups is 2. The Morgan fingerprint density at radius 2 is 1.80 bits per heavy atom. The van der Waals surface area contributed by atoms with Crippen molar-refractivity contribution < 1.29 is 37.3 Å². The summed E-state index contributed by atoms with van der Waals surface area (Å²) in [6, 6.07) is 11.7. The van der Waals surface area contributed by atoms with Crippen molar-refractivity contribution in [1.29, 1.82) is 0 Å². The lowest BCUT2D eigenvalue weighted by atomic mass is 9.82. The first-order valence-corrected chi connectivity index (χ1v) is 9.03. The van der Waals surface area contributed by atoms with Gasteiger partial charge in [-0.15, -0.1) is 0 Å². The molecule has 0 aromatic heterocycles. The molecule has 2 aromatic carbocycles. The van der Waals surface area contributed by atoms with Crippen LogP contribution in [0.1, 0.15) is 18.5 Å². The van der Waals surface area contributed by atoms with Gasteiger partial charge in [0, 0.05) is 0 Å². The predicted molar refractivity (Wildman–Crippen MR) is 98.5 cm³/mol. The summed E-state index contributed by atoms with van der Waals surface area (Å²) < 4.78 is 51.5. The molecular weight excluding hydrogens is 405 g/mol. The minimum atomic E-state index is -5.33. The zero-order chi connectivity index (χ0) is 21.9. The van der Waals surface area contributed by atoms with Gasteiger partial charge in [0.1, 0.15) is 17.4 Å². The van der Waals surface area contributed by atoms with E-state index in [2.05, 4.69) is 5.32 Å². The van der Waals surface area contributed by atoms with E-state index in [9.17, 15) is 27.9 Å². The van der Waals surface area contributed by atoms with Gasteiger partial charge in [0.2, 0.25) is 0 Å². The highest BCUT2D eigenvalue weighted by Crippen LogP contribution is 2.43. The standard InChI is InChI=1S/C20H19F3N2O5/c1-2-29-17(26)15-16(24-18(27)25-19(15,28)20(21,22)23)12-7-6-10-14(11-12)30-13-8-4-3-5-9-13/h3-11,15-16,28H,2H2,1H3,(H2,24,25,27)/t15-,16-,19+/m1/s1. The van der Waals surface area contributed by atoms with Crippen LogP contribution in [-0.2, 0) is 9.53 Å². The molecule has 3 atom stereocenters. The number of para-hydroxylation sites is 1. The van der Waals surface area contributed by atoms with Gasteiger partial charge < -0.3 is 25.2 Å². The van der Waals surface area contributed by atoms with Crippen molar-refractivity contribution >= 4 is 12.0 Å². The van der Waals surface area contributed by atoms with Crippen molar-refractivity contribution in [3.63, 3.8) is 0 Å². The highest BCUT2D eigenvalue weighted by atomic mass is 19.4. The molecule has 1 saturated heterocycles. The van der Waals surface area contributed by atoms with Crippen molar-refractivity contribution in [2.45, 2.75) is 24.9 Å².